The fourth-order valence-corrected chi connectivity index (χ4v) is 2.37. The van der Waals surface area contributed by atoms with Gasteiger partial charge in [-0.15, -0.1) is 0 Å². The predicted molar refractivity (Wildman–Crippen MR) is 76.7 cm³/mol. The highest BCUT2D eigenvalue weighted by Gasteiger charge is 2.14. The van der Waals surface area contributed by atoms with Crippen LogP contribution in [0.4, 0.5) is 0 Å². The Labute approximate surface area is 112 Å². The molecule has 0 amide bonds. The Morgan fingerprint density at radius 3 is 2.47 bits per heavy atom. The largest absolute Gasteiger partial charge is 0.320 e. The van der Waals surface area contributed by atoms with Crippen molar-refractivity contribution in [2.24, 2.45) is 5.73 Å². The molecule has 1 unspecified atom stereocenters. The maximum absolute atomic E-state index is 6.42. The molecule has 19 heavy (non-hydrogen) atoms. The summed E-state index contributed by atoms with van der Waals surface area (Å²) < 4.78 is 0. The van der Waals surface area contributed by atoms with Gasteiger partial charge >= 0.3 is 0 Å². The Bertz CT molecular complexity index is 717. The number of nitrogens with zero attached hydrogens (tertiary/aromatic N) is 2. The number of aromatic nitrogens is 2. The molecule has 0 aliphatic heterocycles. The lowest BCUT2D eigenvalue weighted by Crippen LogP contribution is -2.14. The van der Waals surface area contributed by atoms with Gasteiger partial charge in [0.05, 0.1) is 17.1 Å². The zero-order valence-electron chi connectivity index (χ0n) is 10.7. The van der Waals surface area contributed by atoms with E-state index in [1.54, 1.807) is 12.4 Å². The van der Waals surface area contributed by atoms with Crippen molar-refractivity contribution < 1.29 is 0 Å². The molecule has 3 heteroatoms. The molecule has 0 saturated heterocycles. The molecular formula is C16H15N3. The van der Waals surface area contributed by atoms with E-state index in [1.165, 1.54) is 5.56 Å². The SMILES string of the molecule is Cc1ccccc1C(N)c1cccc2nccnc12. The summed E-state index contributed by atoms with van der Waals surface area (Å²) in [6.07, 6.45) is 3.40. The Morgan fingerprint density at radius 2 is 1.63 bits per heavy atom. The van der Waals surface area contributed by atoms with E-state index in [-0.39, 0.29) is 6.04 Å². The second-order valence-electron chi connectivity index (χ2n) is 4.61. The number of hydrogen-bond donors (Lipinski definition) is 1. The van der Waals surface area contributed by atoms with Crippen LogP contribution in [-0.2, 0) is 0 Å². The number of aryl methyl sites for hydroxylation is 1. The van der Waals surface area contributed by atoms with Crippen LogP contribution in [0.5, 0.6) is 0 Å². The fraction of sp³-hybridized carbons (Fsp3) is 0.125. The minimum Gasteiger partial charge on any atom is -0.320 e. The van der Waals surface area contributed by atoms with Crippen molar-refractivity contribution >= 4 is 11.0 Å². The standard InChI is InChI=1S/C16H15N3/c1-11-5-2-3-6-12(11)15(17)13-7-4-8-14-16(13)19-10-9-18-14/h2-10,15H,17H2,1H3. The topological polar surface area (TPSA) is 51.8 Å². The van der Waals surface area contributed by atoms with Crippen molar-refractivity contribution in [1.29, 1.82) is 0 Å². The van der Waals surface area contributed by atoms with E-state index in [0.717, 1.165) is 22.2 Å². The molecule has 94 valence electrons. The summed E-state index contributed by atoms with van der Waals surface area (Å²) in [6.45, 7) is 2.08. The van der Waals surface area contributed by atoms with Gasteiger partial charge < -0.3 is 5.73 Å². The Kier molecular flexibility index (Phi) is 2.97. The van der Waals surface area contributed by atoms with Gasteiger partial charge in [-0.1, -0.05) is 36.4 Å². The Balaban J connectivity index is 2.17. The summed E-state index contributed by atoms with van der Waals surface area (Å²) in [5, 5.41) is 0. The summed E-state index contributed by atoms with van der Waals surface area (Å²) in [4.78, 5) is 8.74. The minimum absolute atomic E-state index is 0.179. The average molecular weight is 249 g/mol. The highest BCUT2D eigenvalue weighted by Crippen LogP contribution is 2.26. The number of para-hydroxylation sites is 1. The van der Waals surface area contributed by atoms with E-state index in [9.17, 15) is 0 Å². The highest BCUT2D eigenvalue weighted by molar-refractivity contribution is 5.78. The van der Waals surface area contributed by atoms with Crippen LogP contribution < -0.4 is 5.73 Å². The van der Waals surface area contributed by atoms with E-state index < -0.39 is 0 Å². The second-order valence-corrected chi connectivity index (χ2v) is 4.61. The molecule has 2 N–H and O–H groups in total. The van der Waals surface area contributed by atoms with E-state index >= 15 is 0 Å². The van der Waals surface area contributed by atoms with Crippen LogP contribution in [0.15, 0.2) is 54.9 Å². The Morgan fingerprint density at radius 1 is 0.895 bits per heavy atom. The first-order valence-electron chi connectivity index (χ1n) is 6.28. The monoisotopic (exact) mass is 249 g/mol. The van der Waals surface area contributed by atoms with Crippen molar-refractivity contribution in [3.8, 4) is 0 Å². The minimum atomic E-state index is -0.179. The van der Waals surface area contributed by atoms with Gasteiger partial charge in [0.1, 0.15) is 0 Å². The third kappa shape index (κ3) is 2.09. The molecule has 1 atom stereocenters. The number of benzene rings is 2. The first-order valence-corrected chi connectivity index (χ1v) is 6.28. The zero-order valence-corrected chi connectivity index (χ0v) is 10.7. The third-order valence-corrected chi connectivity index (χ3v) is 3.39. The van der Waals surface area contributed by atoms with Crippen LogP contribution in [0, 0.1) is 6.92 Å². The molecule has 1 heterocycles. The van der Waals surface area contributed by atoms with Gasteiger partial charge in [-0.05, 0) is 24.1 Å². The molecule has 3 aromatic rings. The smallest absolute Gasteiger partial charge is 0.0937 e. The normalized spacial score (nSPS) is 12.5. The van der Waals surface area contributed by atoms with E-state index in [4.69, 9.17) is 5.73 Å². The molecule has 0 aliphatic rings. The van der Waals surface area contributed by atoms with Gasteiger partial charge in [-0.2, -0.15) is 0 Å². The summed E-state index contributed by atoms with van der Waals surface area (Å²) in [5.74, 6) is 0. The fourth-order valence-electron chi connectivity index (χ4n) is 2.37. The van der Waals surface area contributed by atoms with Crippen LogP contribution in [0.3, 0.4) is 0 Å². The zero-order chi connectivity index (χ0) is 13.2. The van der Waals surface area contributed by atoms with Crippen LogP contribution in [0.2, 0.25) is 0 Å². The van der Waals surface area contributed by atoms with Crippen molar-refractivity contribution in [2.45, 2.75) is 13.0 Å². The lowest BCUT2D eigenvalue weighted by Gasteiger charge is -2.16. The lowest BCUT2D eigenvalue weighted by atomic mass is 9.95. The highest BCUT2D eigenvalue weighted by atomic mass is 14.8. The first kappa shape index (κ1) is 11.8. The Hall–Kier alpha value is -2.26. The quantitative estimate of drug-likeness (QED) is 0.759. The average Bonchev–Trinajstić information content (AvgIpc) is 2.46. The van der Waals surface area contributed by atoms with Gasteiger partial charge in [-0.3, -0.25) is 9.97 Å². The molecule has 0 aliphatic carbocycles. The summed E-state index contributed by atoms with van der Waals surface area (Å²) in [5.41, 5.74) is 11.5. The molecule has 0 saturated carbocycles. The summed E-state index contributed by atoms with van der Waals surface area (Å²) >= 11 is 0. The van der Waals surface area contributed by atoms with E-state index in [1.807, 2.05) is 30.3 Å². The number of fused-ring (bicyclic) bond motifs is 1. The number of hydrogen-bond acceptors (Lipinski definition) is 3. The van der Waals surface area contributed by atoms with E-state index in [0.29, 0.717) is 0 Å². The predicted octanol–water partition coefficient (Wildman–Crippen LogP) is 2.99. The molecule has 3 rings (SSSR count). The van der Waals surface area contributed by atoms with Crippen LogP contribution in [0.25, 0.3) is 11.0 Å². The van der Waals surface area contributed by atoms with Crippen molar-refractivity contribution in [2.75, 3.05) is 0 Å². The van der Waals surface area contributed by atoms with Gasteiger partial charge in [0, 0.05) is 18.0 Å². The number of nitrogens with two attached hydrogens (primary N) is 1. The summed E-state index contributed by atoms with van der Waals surface area (Å²) in [6, 6.07) is 13.9. The maximum atomic E-state index is 6.42. The molecule has 0 fully saturated rings. The molecule has 1 aromatic heterocycles. The first-order chi connectivity index (χ1) is 9.27. The van der Waals surface area contributed by atoms with Crippen LogP contribution in [-0.4, -0.2) is 9.97 Å². The second kappa shape index (κ2) is 4.78. The summed E-state index contributed by atoms with van der Waals surface area (Å²) in [7, 11) is 0. The molecule has 2 aromatic carbocycles. The van der Waals surface area contributed by atoms with Gasteiger partial charge in [0.2, 0.25) is 0 Å². The molecule has 0 radical (unpaired) electrons. The van der Waals surface area contributed by atoms with Crippen molar-refractivity contribution in [1.82, 2.24) is 9.97 Å². The van der Waals surface area contributed by atoms with Crippen LogP contribution in [0.1, 0.15) is 22.7 Å². The third-order valence-electron chi connectivity index (χ3n) is 3.39. The van der Waals surface area contributed by atoms with Crippen molar-refractivity contribution in [3.63, 3.8) is 0 Å². The van der Waals surface area contributed by atoms with Crippen molar-refractivity contribution in [3.05, 3.63) is 71.5 Å². The molecule has 3 nitrogen and oxygen atoms in total. The van der Waals surface area contributed by atoms with Gasteiger partial charge in [0.25, 0.3) is 0 Å². The molecular weight excluding hydrogens is 234 g/mol. The molecule has 0 spiro atoms. The van der Waals surface area contributed by atoms with Gasteiger partial charge in [0.15, 0.2) is 0 Å². The lowest BCUT2D eigenvalue weighted by molar-refractivity contribution is 0.866. The van der Waals surface area contributed by atoms with Crippen LogP contribution >= 0.6 is 0 Å². The maximum Gasteiger partial charge on any atom is 0.0937 e. The molecule has 0 bridgehead atoms. The van der Waals surface area contributed by atoms with E-state index in [2.05, 4.69) is 29.0 Å². The van der Waals surface area contributed by atoms with Gasteiger partial charge in [-0.25, -0.2) is 0 Å². The number of rotatable bonds is 2.